The Morgan fingerprint density at radius 3 is 2.48 bits per heavy atom. The quantitative estimate of drug-likeness (QED) is 0.733. The fraction of sp³-hybridized carbons (Fsp3) is 0.118. The smallest absolute Gasteiger partial charge is 0.336 e. The molecule has 6 heteroatoms. The third-order valence-electron chi connectivity index (χ3n) is 3.05. The number of pyridine rings is 2. The van der Waals surface area contributed by atoms with E-state index in [-0.39, 0.29) is 5.56 Å². The Balaban J connectivity index is 0.000000924. The first kappa shape index (κ1) is 16.7. The van der Waals surface area contributed by atoms with Crippen LogP contribution in [0.5, 0.6) is 0 Å². The van der Waals surface area contributed by atoms with Crippen molar-refractivity contribution in [2.45, 2.75) is 13.8 Å². The Kier molecular flexibility index (Phi) is 5.13. The maximum Gasteiger partial charge on any atom is 0.336 e. The molecule has 0 atom stereocenters. The van der Waals surface area contributed by atoms with Gasteiger partial charge >= 0.3 is 5.97 Å². The number of hydrogen-bond acceptors (Lipinski definition) is 4. The van der Waals surface area contributed by atoms with Gasteiger partial charge in [0.1, 0.15) is 0 Å². The number of rotatable bonds is 2. The molecule has 0 bridgehead atoms. The molecule has 0 amide bonds. The van der Waals surface area contributed by atoms with Gasteiger partial charge in [-0.05, 0) is 36.4 Å². The first-order valence-corrected chi connectivity index (χ1v) is 7.48. The first-order valence-electron chi connectivity index (χ1n) is 7.10. The molecule has 2 heterocycles. The average molecular weight is 330 g/mol. The molecule has 3 aromatic rings. The van der Waals surface area contributed by atoms with Crippen molar-refractivity contribution in [1.82, 2.24) is 9.97 Å². The molecular weight excluding hydrogens is 314 g/mol. The monoisotopic (exact) mass is 329 g/mol. The summed E-state index contributed by atoms with van der Waals surface area (Å²) in [6, 6.07) is 9.82. The Morgan fingerprint density at radius 2 is 1.87 bits per heavy atom. The Labute approximate surface area is 138 Å². The van der Waals surface area contributed by atoms with Crippen molar-refractivity contribution >= 4 is 34.2 Å². The summed E-state index contributed by atoms with van der Waals surface area (Å²) in [5.41, 5.74) is 7.85. The lowest BCUT2D eigenvalue weighted by Gasteiger charge is -2.07. The molecule has 0 aliphatic carbocycles. The van der Waals surface area contributed by atoms with Crippen LogP contribution in [0.3, 0.4) is 0 Å². The summed E-state index contributed by atoms with van der Waals surface area (Å²) in [5, 5.41) is 10.3. The maximum absolute atomic E-state index is 11.5. The van der Waals surface area contributed by atoms with Gasteiger partial charge in [-0.1, -0.05) is 25.4 Å². The van der Waals surface area contributed by atoms with E-state index in [0.29, 0.717) is 33.0 Å². The van der Waals surface area contributed by atoms with E-state index in [1.807, 2.05) is 13.8 Å². The van der Waals surface area contributed by atoms with Crippen molar-refractivity contribution in [2.75, 3.05) is 5.73 Å². The molecule has 0 saturated heterocycles. The molecule has 0 spiro atoms. The second kappa shape index (κ2) is 7.07. The predicted octanol–water partition coefficient (Wildman–Crippen LogP) is 4.26. The normalized spacial score (nSPS) is 10.0. The van der Waals surface area contributed by atoms with Crippen LogP contribution in [0, 0.1) is 0 Å². The first-order chi connectivity index (χ1) is 11.0. The van der Waals surface area contributed by atoms with Gasteiger partial charge in [0.05, 0.1) is 34.4 Å². The van der Waals surface area contributed by atoms with Gasteiger partial charge in [0.15, 0.2) is 0 Å². The number of nitrogens with two attached hydrogens (primary N) is 1. The minimum atomic E-state index is -1.04. The molecular formula is C17H16ClN3O2. The molecule has 5 nitrogen and oxygen atoms in total. The minimum Gasteiger partial charge on any atom is -0.478 e. The van der Waals surface area contributed by atoms with Crippen LogP contribution in [0.25, 0.3) is 22.3 Å². The number of carboxylic acid groups (broad SMARTS) is 1. The summed E-state index contributed by atoms with van der Waals surface area (Å²) in [6.07, 6.45) is 1.50. The van der Waals surface area contributed by atoms with Gasteiger partial charge in [-0.3, -0.25) is 4.98 Å². The van der Waals surface area contributed by atoms with E-state index in [4.69, 9.17) is 17.3 Å². The number of nitrogens with zero attached hydrogens (tertiary/aromatic N) is 2. The minimum absolute atomic E-state index is 0.135. The van der Waals surface area contributed by atoms with Crippen molar-refractivity contribution in [3.63, 3.8) is 0 Å². The van der Waals surface area contributed by atoms with Gasteiger partial charge in [-0.2, -0.15) is 0 Å². The number of halogens is 1. The molecule has 118 valence electrons. The summed E-state index contributed by atoms with van der Waals surface area (Å²) in [6.45, 7) is 4.00. The molecule has 0 aliphatic heterocycles. The second-order valence-corrected chi connectivity index (χ2v) is 4.93. The van der Waals surface area contributed by atoms with Gasteiger partial charge in [0.25, 0.3) is 0 Å². The number of nitrogen functional groups attached to an aromatic ring is 1. The molecule has 3 rings (SSSR count). The summed E-state index contributed by atoms with van der Waals surface area (Å²) in [5.74, 6) is -1.04. The van der Waals surface area contributed by atoms with Crippen molar-refractivity contribution in [3.8, 4) is 11.4 Å². The Hall–Kier alpha value is -2.66. The molecule has 0 saturated carbocycles. The van der Waals surface area contributed by atoms with Gasteiger partial charge in [-0.25, -0.2) is 9.78 Å². The summed E-state index contributed by atoms with van der Waals surface area (Å²) in [7, 11) is 0. The molecule has 2 aromatic heterocycles. The Bertz CT molecular complexity index is 848. The number of benzene rings is 1. The summed E-state index contributed by atoms with van der Waals surface area (Å²) in [4.78, 5) is 20.1. The largest absolute Gasteiger partial charge is 0.478 e. The highest BCUT2D eigenvalue weighted by atomic mass is 35.5. The average Bonchev–Trinajstić information content (AvgIpc) is 2.56. The van der Waals surface area contributed by atoms with Crippen LogP contribution in [0.15, 0.2) is 42.6 Å². The highest BCUT2D eigenvalue weighted by Gasteiger charge is 2.13. The Morgan fingerprint density at radius 1 is 1.13 bits per heavy atom. The number of carboxylic acids is 1. The molecule has 3 N–H and O–H groups in total. The van der Waals surface area contributed by atoms with Gasteiger partial charge in [-0.15, -0.1) is 0 Å². The van der Waals surface area contributed by atoms with Crippen molar-refractivity contribution in [1.29, 1.82) is 0 Å². The van der Waals surface area contributed by atoms with E-state index in [9.17, 15) is 9.90 Å². The SMILES string of the molecule is CC.Nc1ccc(-c2cc(C(=O)O)c3cc(Cl)ccc3n2)nc1. The fourth-order valence-electron chi connectivity index (χ4n) is 2.06. The van der Waals surface area contributed by atoms with E-state index < -0.39 is 5.97 Å². The standard InChI is InChI=1S/C15H10ClN3O2.C2H6/c16-8-1-3-12-10(5-8)11(15(20)21)6-14(19-12)13-4-2-9(17)7-18-13;1-2/h1-7H,17H2,(H,20,21);1-2H3. The summed E-state index contributed by atoms with van der Waals surface area (Å²) < 4.78 is 0. The molecule has 0 fully saturated rings. The molecule has 23 heavy (non-hydrogen) atoms. The molecule has 0 unspecified atom stereocenters. The third kappa shape index (κ3) is 3.57. The third-order valence-corrected chi connectivity index (χ3v) is 3.29. The summed E-state index contributed by atoms with van der Waals surface area (Å²) >= 11 is 5.92. The number of anilines is 1. The zero-order valence-electron chi connectivity index (χ0n) is 12.7. The van der Waals surface area contributed by atoms with Crippen molar-refractivity contribution in [3.05, 3.63) is 53.2 Å². The van der Waals surface area contributed by atoms with Crippen molar-refractivity contribution < 1.29 is 9.90 Å². The van der Waals surface area contributed by atoms with E-state index in [1.165, 1.54) is 12.3 Å². The lowest BCUT2D eigenvalue weighted by molar-refractivity contribution is 0.0699. The molecule has 1 aromatic carbocycles. The van der Waals surface area contributed by atoms with Crippen molar-refractivity contribution in [2.24, 2.45) is 0 Å². The van der Waals surface area contributed by atoms with Crippen LogP contribution in [-0.2, 0) is 0 Å². The van der Waals surface area contributed by atoms with Crippen LogP contribution < -0.4 is 5.73 Å². The van der Waals surface area contributed by atoms with Gasteiger partial charge in [0, 0.05) is 10.4 Å². The van der Waals surface area contributed by atoms with E-state index in [1.54, 1.807) is 30.3 Å². The number of hydrogen-bond donors (Lipinski definition) is 2. The highest BCUT2D eigenvalue weighted by Crippen LogP contribution is 2.26. The van der Waals surface area contributed by atoms with Crippen LogP contribution in [0.2, 0.25) is 5.02 Å². The van der Waals surface area contributed by atoms with Crippen LogP contribution >= 0.6 is 11.6 Å². The molecule has 0 radical (unpaired) electrons. The highest BCUT2D eigenvalue weighted by molar-refractivity contribution is 6.31. The van der Waals surface area contributed by atoms with Crippen LogP contribution in [-0.4, -0.2) is 21.0 Å². The predicted molar refractivity (Wildman–Crippen MR) is 92.7 cm³/mol. The number of aromatic nitrogens is 2. The van der Waals surface area contributed by atoms with Crippen LogP contribution in [0.4, 0.5) is 5.69 Å². The van der Waals surface area contributed by atoms with Crippen LogP contribution in [0.1, 0.15) is 24.2 Å². The van der Waals surface area contributed by atoms with Gasteiger partial charge in [0.2, 0.25) is 0 Å². The number of aromatic carboxylic acids is 1. The lowest BCUT2D eigenvalue weighted by atomic mass is 10.1. The van der Waals surface area contributed by atoms with E-state index >= 15 is 0 Å². The second-order valence-electron chi connectivity index (χ2n) is 4.50. The van der Waals surface area contributed by atoms with E-state index in [2.05, 4.69) is 9.97 Å². The maximum atomic E-state index is 11.5. The molecule has 0 aliphatic rings. The lowest BCUT2D eigenvalue weighted by Crippen LogP contribution is -2.01. The topological polar surface area (TPSA) is 89.1 Å². The van der Waals surface area contributed by atoms with Gasteiger partial charge < -0.3 is 10.8 Å². The zero-order valence-corrected chi connectivity index (χ0v) is 13.5. The number of fused-ring (bicyclic) bond motifs is 1. The van der Waals surface area contributed by atoms with E-state index in [0.717, 1.165) is 0 Å². The fourth-order valence-corrected chi connectivity index (χ4v) is 2.24. The zero-order chi connectivity index (χ0) is 17.0. The number of carbonyl (C=O) groups is 1.